The Morgan fingerprint density at radius 2 is 1.70 bits per heavy atom. The van der Waals surface area contributed by atoms with E-state index in [4.69, 9.17) is 28.3 Å². The molecule has 0 radical (unpaired) electrons. The first kappa shape index (κ1) is 24.2. The number of carboxylic acid groups (broad SMARTS) is 1. The molecule has 0 saturated heterocycles. The first-order valence-electron chi connectivity index (χ1n) is 9.16. The number of hydrogen-bond acceptors (Lipinski definition) is 6. The van der Waals surface area contributed by atoms with Crippen LogP contribution >= 0.6 is 23.2 Å². The number of nitrogens with one attached hydrogen (secondary N) is 1. The maximum atomic E-state index is 13.1. The van der Waals surface area contributed by atoms with Crippen LogP contribution in [-0.4, -0.2) is 38.5 Å². The third-order valence-corrected chi connectivity index (χ3v) is 4.83. The fraction of sp³-hybridized carbons (Fsp3) is 0.150. The van der Waals surface area contributed by atoms with Crippen molar-refractivity contribution >= 4 is 52.4 Å². The molecule has 8 nitrogen and oxygen atoms in total. The first-order valence-corrected chi connectivity index (χ1v) is 9.92. The second-order valence-electron chi connectivity index (χ2n) is 6.51. The number of rotatable bonds is 7. The summed E-state index contributed by atoms with van der Waals surface area (Å²) in [5, 5.41) is 11.8. The second-order valence-corrected chi connectivity index (χ2v) is 7.33. The summed E-state index contributed by atoms with van der Waals surface area (Å²) in [6.45, 7) is -0.204. The predicted molar refractivity (Wildman–Crippen MR) is 115 cm³/mol. The highest BCUT2D eigenvalue weighted by atomic mass is 35.5. The van der Waals surface area contributed by atoms with Crippen LogP contribution in [0.3, 0.4) is 0 Å². The highest BCUT2D eigenvalue weighted by Crippen LogP contribution is 2.31. The highest BCUT2D eigenvalue weighted by Gasteiger charge is 2.33. The van der Waals surface area contributed by atoms with Crippen molar-refractivity contribution in [2.45, 2.75) is 12.6 Å². The molecule has 1 amide bonds. The summed E-state index contributed by atoms with van der Waals surface area (Å²) in [5.41, 5.74) is -0.532. The van der Waals surface area contributed by atoms with E-state index >= 15 is 0 Å². The zero-order valence-electron chi connectivity index (χ0n) is 16.5. The van der Waals surface area contributed by atoms with Crippen molar-refractivity contribution in [3.63, 3.8) is 0 Å². The quantitative estimate of drug-likeness (QED) is 0.467. The predicted octanol–water partition coefficient (Wildman–Crippen LogP) is 5.06. The molecule has 33 heavy (non-hydrogen) atoms. The maximum Gasteiger partial charge on any atom is 0.433 e. The van der Waals surface area contributed by atoms with Crippen molar-refractivity contribution in [2.75, 3.05) is 16.8 Å². The monoisotopic (exact) mass is 499 g/mol. The Hall–Kier alpha value is -3.44. The Labute approximate surface area is 195 Å². The molecule has 2 aromatic heterocycles. The normalized spacial score (nSPS) is 11.2. The van der Waals surface area contributed by atoms with E-state index in [1.165, 1.54) is 41.6 Å². The van der Waals surface area contributed by atoms with Gasteiger partial charge in [0.25, 0.3) is 5.91 Å². The SMILES string of the molecule is O=C(O)CCN(c1ccc(C(=O)Nc2c(Cl)cncc2Cl)cc1)c1nccc(C(F)(F)F)n1. The Kier molecular flexibility index (Phi) is 7.34. The molecule has 0 aliphatic rings. The summed E-state index contributed by atoms with van der Waals surface area (Å²) in [4.78, 5) is 36.0. The molecule has 0 unspecified atom stereocenters. The van der Waals surface area contributed by atoms with Gasteiger partial charge in [-0.25, -0.2) is 9.97 Å². The number of anilines is 3. The fourth-order valence-electron chi connectivity index (χ4n) is 2.70. The van der Waals surface area contributed by atoms with Crippen molar-refractivity contribution in [1.29, 1.82) is 0 Å². The summed E-state index contributed by atoms with van der Waals surface area (Å²) in [7, 11) is 0. The van der Waals surface area contributed by atoms with E-state index in [9.17, 15) is 22.8 Å². The molecule has 13 heteroatoms. The molecule has 0 atom stereocenters. The van der Waals surface area contributed by atoms with Crippen molar-refractivity contribution in [3.05, 3.63) is 70.2 Å². The Balaban J connectivity index is 1.88. The molecule has 2 N–H and O–H groups in total. The Morgan fingerprint density at radius 3 is 2.27 bits per heavy atom. The van der Waals surface area contributed by atoms with E-state index in [1.807, 2.05) is 0 Å². The molecule has 3 rings (SSSR count). The minimum Gasteiger partial charge on any atom is -0.481 e. The highest BCUT2D eigenvalue weighted by molar-refractivity contribution is 6.39. The number of alkyl halides is 3. The van der Waals surface area contributed by atoms with Gasteiger partial charge in [0.15, 0.2) is 0 Å². The van der Waals surface area contributed by atoms with Crippen LogP contribution in [0.5, 0.6) is 0 Å². The van der Waals surface area contributed by atoms with Gasteiger partial charge in [-0.3, -0.25) is 14.6 Å². The summed E-state index contributed by atoms with van der Waals surface area (Å²) in [6.07, 6.45) is -1.54. The van der Waals surface area contributed by atoms with Gasteiger partial charge < -0.3 is 15.3 Å². The smallest absolute Gasteiger partial charge is 0.433 e. The van der Waals surface area contributed by atoms with Gasteiger partial charge in [-0.1, -0.05) is 23.2 Å². The number of carbonyl (C=O) groups is 2. The van der Waals surface area contributed by atoms with E-state index in [1.54, 1.807) is 0 Å². The van der Waals surface area contributed by atoms with E-state index in [0.29, 0.717) is 6.07 Å². The number of carbonyl (C=O) groups excluding carboxylic acids is 1. The van der Waals surface area contributed by atoms with Gasteiger partial charge in [-0.05, 0) is 30.3 Å². The van der Waals surface area contributed by atoms with Gasteiger partial charge >= 0.3 is 12.1 Å². The summed E-state index contributed by atoms with van der Waals surface area (Å²) in [6, 6.07) is 6.36. The van der Waals surface area contributed by atoms with Crippen LogP contribution in [0.15, 0.2) is 48.9 Å². The first-order chi connectivity index (χ1) is 15.6. The van der Waals surface area contributed by atoms with Crippen LogP contribution < -0.4 is 10.2 Å². The molecular formula is C20H14Cl2F3N5O3. The third-order valence-electron chi connectivity index (χ3n) is 4.26. The summed E-state index contributed by atoms with van der Waals surface area (Å²) >= 11 is 12.0. The van der Waals surface area contributed by atoms with Crippen molar-refractivity contribution in [3.8, 4) is 0 Å². The third kappa shape index (κ3) is 6.08. The van der Waals surface area contributed by atoms with Gasteiger partial charge in [0.2, 0.25) is 5.95 Å². The molecule has 0 fully saturated rings. The van der Waals surface area contributed by atoms with Gasteiger partial charge in [-0.2, -0.15) is 13.2 Å². The topological polar surface area (TPSA) is 108 Å². The zero-order valence-corrected chi connectivity index (χ0v) is 18.0. The van der Waals surface area contributed by atoms with Crippen LogP contribution in [0.2, 0.25) is 10.0 Å². The Morgan fingerprint density at radius 1 is 1.06 bits per heavy atom. The Bertz CT molecular complexity index is 1160. The molecule has 0 aliphatic heterocycles. The molecule has 0 bridgehead atoms. The number of aliphatic carboxylic acids is 1. The number of halogens is 5. The summed E-state index contributed by atoms with van der Waals surface area (Å²) < 4.78 is 39.2. The minimum atomic E-state index is -4.70. The van der Waals surface area contributed by atoms with Crippen molar-refractivity contribution in [1.82, 2.24) is 15.0 Å². The second kappa shape index (κ2) is 10.0. The number of carboxylic acids is 1. The van der Waals surface area contributed by atoms with E-state index in [0.717, 1.165) is 6.20 Å². The molecule has 0 saturated carbocycles. The molecule has 2 heterocycles. The van der Waals surface area contributed by atoms with E-state index < -0.39 is 23.7 Å². The molecule has 1 aromatic carbocycles. The maximum absolute atomic E-state index is 13.1. The van der Waals surface area contributed by atoms with Crippen LogP contribution in [0, 0.1) is 0 Å². The van der Waals surface area contributed by atoms with Gasteiger partial charge in [0, 0.05) is 36.4 Å². The fourth-order valence-corrected chi connectivity index (χ4v) is 3.16. The number of aromatic nitrogens is 3. The number of hydrogen-bond donors (Lipinski definition) is 2. The number of nitrogens with zero attached hydrogens (tertiary/aromatic N) is 4. The lowest BCUT2D eigenvalue weighted by Crippen LogP contribution is -2.24. The van der Waals surface area contributed by atoms with Crippen LogP contribution in [0.25, 0.3) is 0 Å². The van der Waals surface area contributed by atoms with Crippen molar-refractivity contribution < 1.29 is 27.9 Å². The average molecular weight is 500 g/mol. The number of amides is 1. The van der Waals surface area contributed by atoms with Crippen molar-refractivity contribution in [2.24, 2.45) is 0 Å². The van der Waals surface area contributed by atoms with E-state index in [-0.39, 0.29) is 45.9 Å². The average Bonchev–Trinajstić information content (AvgIpc) is 2.76. The lowest BCUT2D eigenvalue weighted by Gasteiger charge is -2.23. The van der Waals surface area contributed by atoms with Gasteiger partial charge in [0.1, 0.15) is 5.69 Å². The number of pyridine rings is 1. The largest absolute Gasteiger partial charge is 0.481 e. The van der Waals surface area contributed by atoms with Gasteiger partial charge in [-0.15, -0.1) is 0 Å². The van der Waals surface area contributed by atoms with Crippen LogP contribution in [0.1, 0.15) is 22.5 Å². The van der Waals surface area contributed by atoms with Crippen LogP contribution in [-0.2, 0) is 11.0 Å². The standard InChI is InChI=1S/C20H14Cl2F3N5O3/c21-13-9-26-10-14(22)17(13)29-18(33)11-1-3-12(4-2-11)30(8-6-16(31)32)19-27-7-5-15(28-19)20(23,24)25/h1-5,7,9-10H,6,8H2,(H,31,32)(H,26,29,33). The zero-order chi connectivity index (χ0) is 24.2. The van der Waals surface area contributed by atoms with Crippen LogP contribution in [0.4, 0.5) is 30.5 Å². The minimum absolute atomic E-state index is 0.133. The molecule has 0 aliphatic carbocycles. The lowest BCUT2D eigenvalue weighted by molar-refractivity contribution is -0.141. The summed E-state index contributed by atoms with van der Waals surface area (Å²) in [5.74, 6) is -2.04. The molecular weight excluding hydrogens is 486 g/mol. The van der Waals surface area contributed by atoms with E-state index in [2.05, 4.69) is 20.3 Å². The molecule has 172 valence electrons. The lowest BCUT2D eigenvalue weighted by atomic mass is 10.1. The van der Waals surface area contributed by atoms with Gasteiger partial charge in [0.05, 0.1) is 22.2 Å². The molecule has 3 aromatic rings. The number of benzene rings is 1. The molecule has 0 spiro atoms.